The SMILES string of the molecule is O=P(O)(O)c1cccc(-c2c(Br)cc(Br)cc2Br)c1-c1c(Br)cc(Br)cc1Br. The Labute approximate surface area is 212 Å². The van der Waals surface area contributed by atoms with E-state index in [-0.39, 0.29) is 5.30 Å². The molecular formula is C18H9Br6O3P. The highest BCUT2D eigenvalue weighted by atomic mass is 79.9. The van der Waals surface area contributed by atoms with Gasteiger partial charge in [-0.05, 0) is 35.9 Å². The molecule has 10 heteroatoms. The standard InChI is InChI=1S/C18H9Br6O3P/c19-8-4-11(21)16(12(22)5-8)10-2-1-3-15(28(25,26)27)17(10)18-13(23)6-9(20)7-14(18)24/h1-7H,(H2,25,26,27). The molecule has 2 N–H and O–H groups in total. The van der Waals surface area contributed by atoms with Crippen LogP contribution in [0.4, 0.5) is 0 Å². The van der Waals surface area contributed by atoms with E-state index >= 15 is 0 Å². The molecule has 3 rings (SSSR count). The molecular weight excluding hydrogens is 775 g/mol. The summed E-state index contributed by atoms with van der Waals surface area (Å²) in [5, 5.41) is -0.0459. The molecule has 146 valence electrons. The second-order valence-electron chi connectivity index (χ2n) is 5.73. The quantitative estimate of drug-likeness (QED) is 0.263. The van der Waals surface area contributed by atoms with Crippen LogP contribution in [0.25, 0.3) is 22.3 Å². The molecule has 0 bridgehead atoms. The first-order valence-electron chi connectivity index (χ1n) is 7.49. The summed E-state index contributed by atoms with van der Waals surface area (Å²) in [5.41, 5.74) is 2.57. The molecule has 0 saturated heterocycles. The van der Waals surface area contributed by atoms with Crippen LogP contribution in [0, 0.1) is 0 Å². The molecule has 0 aliphatic carbocycles. The molecule has 28 heavy (non-hydrogen) atoms. The lowest BCUT2D eigenvalue weighted by atomic mass is 9.94. The highest BCUT2D eigenvalue weighted by molar-refractivity contribution is 9.12. The Kier molecular flexibility index (Phi) is 7.55. The summed E-state index contributed by atoms with van der Waals surface area (Å²) >= 11 is 21.1. The van der Waals surface area contributed by atoms with Crippen molar-refractivity contribution >= 4 is 108 Å². The van der Waals surface area contributed by atoms with Crippen molar-refractivity contribution in [3.63, 3.8) is 0 Å². The van der Waals surface area contributed by atoms with Gasteiger partial charge in [-0.25, -0.2) is 0 Å². The van der Waals surface area contributed by atoms with Gasteiger partial charge in [0.1, 0.15) is 0 Å². The van der Waals surface area contributed by atoms with Gasteiger partial charge in [-0.3, -0.25) is 4.57 Å². The van der Waals surface area contributed by atoms with Crippen LogP contribution in [0.5, 0.6) is 0 Å². The van der Waals surface area contributed by atoms with E-state index in [9.17, 15) is 14.4 Å². The fourth-order valence-electron chi connectivity index (χ4n) is 2.83. The van der Waals surface area contributed by atoms with Crippen molar-refractivity contribution in [2.75, 3.05) is 0 Å². The van der Waals surface area contributed by atoms with E-state index in [1.54, 1.807) is 6.07 Å². The first-order chi connectivity index (χ1) is 13.0. The Hall–Kier alpha value is 0.690. The minimum absolute atomic E-state index is 0.0459. The molecule has 0 spiro atoms. The van der Waals surface area contributed by atoms with Crippen molar-refractivity contribution in [1.29, 1.82) is 0 Å². The first kappa shape index (κ1) is 23.4. The van der Waals surface area contributed by atoms with Gasteiger partial charge < -0.3 is 9.79 Å². The number of halogens is 6. The van der Waals surface area contributed by atoms with E-state index in [2.05, 4.69) is 95.6 Å². The number of hydrogen-bond donors (Lipinski definition) is 2. The van der Waals surface area contributed by atoms with Crippen molar-refractivity contribution in [3.8, 4) is 22.3 Å². The van der Waals surface area contributed by atoms with Gasteiger partial charge in [0.15, 0.2) is 0 Å². The Morgan fingerprint density at radius 3 is 1.50 bits per heavy atom. The minimum atomic E-state index is -4.55. The number of benzene rings is 3. The third kappa shape index (κ3) is 4.78. The van der Waals surface area contributed by atoms with Crippen LogP contribution < -0.4 is 5.30 Å². The van der Waals surface area contributed by atoms with Crippen LogP contribution in [0.2, 0.25) is 0 Å². The molecule has 0 aromatic heterocycles. The topological polar surface area (TPSA) is 57.5 Å². The van der Waals surface area contributed by atoms with Gasteiger partial charge in [0.25, 0.3) is 0 Å². The van der Waals surface area contributed by atoms with Crippen molar-refractivity contribution < 1.29 is 14.4 Å². The van der Waals surface area contributed by atoms with Gasteiger partial charge >= 0.3 is 7.60 Å². The smallest absolute Gasteiger partial charge is 0.321 e. The zero-order valence-corrected chi connectivity index (χ0v) is 24.0. The second-order valence-corrected chi connectivity index (χ2v) is 12.6. The number of rotatable bonds is 3. The van der Waals surface area contributed by atoms with Crippen LogP contribution in [-0.2, 0) is 4.57 Å². The summed E-state index contributed by atoms with van der Waals surface area (Å²) in [6, 6.07) is 12.4. The summed E-state index contributed by atoms with van der Waals surface area (Å²) in [6.45, 7) is 0. The summed E-state index contributed by atoms with van der Waals surface area (Å²) in [4.78, 5) is 20.1. The lowest BCUT2D eigenvalue weighted by Crippen LogP contribution is -2.10. The van der Waals surface area contributed by atoms with Crippen molar-refractivity contribution in [2.24, 2.45) is 0 Å². The lowest BCUT2D eigenvalue weighted by molar-refractivity contribution is 0.387. The third-order valence-corrected chi connectivity index (χ3v) is 8.31. The molecule has 0 unspecified atom stereocenters. The van der Waals surface area contributed by atoms with E-state index in [0.29, 0.717) is 25.6 Å². The molecule has 3 nitrogen and oxygen atoms in total. The van der Waals surface area contributed by atoms with Gasteiger partial charge in [-0.2, -0.15) is 0 Å². The Bertz CT molecular complexity index is 1100. The van der Waals surface area contributed by atoms with E-state index in [4.69, 9.17) is 0 Å². The summed E-state index contributed by atoms with van der Waals surface area (Å²) in [7, 11) is -4.55. The van der Waals surface area contributed by atoms with Crippen LogP contribution in [-0.4, -0.2) is 9.79 Å². The zero-order valence-electron chi connectivity index (χ0n) is 13.6. The van der Waals surface area contributed by atoms with E-state index < -0.39 is 7.60 Å². The maximum Gasteiger partial charge on any atom is 0.356 e. The summed E-state index contributed by atoms with van der Waals surface area (Å²) < 4.78 is 17.0. The maximum atomic E-state index is 12.3. The lowest BCUT2D eigenvalue weighted by Gasteiger charge is -2.20. The Morgan fingerprint density at radius 2 is 1.07 bits per heavy atom. The van der Waals surface area contributed by atoms with E-state index in [0.717, 1.165) is 23.5 Å². The zero-order chi connectivity index (χ0) is 20.8. The fraction of sp³-hybridized carbons (Fsp3) is 0. The Morgan fingerprint density at radius 1 is 0.643 bits per heavy atom. The average molecular weight is 784 g/mol. The molecule has 3 aromatic rings. The van der Waals surface area contributed by atoms with Gasteiger partial charge in [0, 0.05) is 43.5 Å². The van der Waals surface area contributed by atoms with E-state index in [1.807, 2.05) is 30.3 Å². The van der Waals surface area contributed by atoms with Gasteiger partial charge in [-0.15, -0.1) is 0 Å². The van der Waals surface area contributed by atoms with Gasteiger partial charge in [0.2, 0.25) is 0 Å². The van der Waals surface area contributed by atoms with Gasteiger partial charge in [0.05, 0.1) is 5.30 Å². The molecule has 0 saturated carbocycles. The molecule has 0 aliphatic heterocycles. The second kappa shape index (κ2) is 9.05. The summed E-state index contributed by atoms with van der Waals surface area (Å²) in [5.74, 6) is 0. The molecule has 0 amide bonds. The normalized spacial score (nSPS) is 11.7. The average Bonchev–Trinajstić information content (AvgIpc) is 2.53. The molecule has 0 fully saturated rings. The van der Waals surface area contributed by atoms with Crippen molar-refractivity contribution in [3.05, 3.63) is 69.3 Å². The molecule has 0 aliphatic rings. The minimum Gasteiger partial charge on any atom is -0.321 e. The molecule has 0 heterocycles. The first-order valence-corrected chi connectivity index (χ1v) is 13.9. The highest BCUT2D eigenvalue weighted by Crippen LogP contribution is 2.49. The van der Waals surface area contributed by atoms with Crippen LogP contribution >= 0.6 is 103 Å². The summed E-state index contributed by atoms with van der Waals surface area (Å²) in [6.07, 6.45) is 0. The monoisotopic (exact) mass is 778 g/mol. The van der Waals surface area contributed by atoms with Crippen LogP contribution in [0.1, 0.15) is 0 Å². The number of hydrogen-bond acceptors (Lipinski definition) is 1. The van der Waals surface area contributed by atoms with Crippen molar-refractivity contribution in [2.45, 2.75) is 0 Å². The largest absolute Gasteiger partial charge is 0.356 e. The molecule has 3 aromatic carbocycles. The highest BCUT2D eigenvalue weighted by Gasteiger charge is 2.28. The van der Waals surface area contributed by atoms with Crippen LogP contribution in [0.15, 0.2) is 69.3 Å². The van der Waals surface area contributed by atoms with Gasteiger partial charge in [-0.1, -0.05) is 108 Å². The predicted molar refractivity (Wildman–Crippen MR) is 135 cm³/mol. The van der Waals surface area contributed by atoms with Crippen molar-refractivity contribution in [1.82, 2.24) is 0 Å². The predicted octanol–water partition coefficient (Wildman–Crippen LogP) is 8.40. The third-order valence-electron chi connectivity index (χ3n) is 3.89. The maximum absolute atomic E-state index is 12.3. The Balaban J connectivity index is 2.51. The molecule has 0 radical (unpaired) electrons. The fourth-order valence-corrected chi connectivity index (χ4v) is 8.98. The van der Waals surface area contributed by atoms with E-state index in [1.165, 1.54) is 6.07 Å². The van der Waals surface area contributed by atoms with Crippen LogP contribution in [0.3, 0.4) is 0 Å². The molecule has 0 atom stereocenters.